The highest BCUT2D eigenvalue weighted by molar-refractivity contribution is 9.10. The molecule has 0 unspecified atom stereocenters. The number of anilines is 1. The summed E-state index contributed by atoms with van der Waals surface area (Å²) in [6, 6.07) is 3.86. The number of halogens is 4. The smallest absolute Gasteiger partial charge is 0.405 e. The van der Waals surface area contributed by atoms with Crippen LogP contribution in [0.1, 0.15) is 10.4 Å². The molecule has 17 heavy (non-hydrogen) atoms. The number of hydrogen-bond donors (Lipinski definition) is 1. The van der Waals surface area contributed by atoms with Crippen molar-refractivity contribution in [3.63, 3.8) is 0 Å². The van der Waals surface area contributed by atoms with E-state index in [1.54, 1.807) is 0 Å². The number of alkyl halides is 3. The number of carboxylic acid groups (broad SMARTS) is 1. The summed E-state index contributed by atoms with van der Waals surface area (Å²) in [5.74, 6) is -1.13. The van der Waals surface area contributed by atoms with Crippen molar-refractivity contribution in [1.29, 1.82) is 0 Å². The third kappa shape index (κ3) is 3.92. The molecule has 1 rings (SSSR count). The van der Waals surface area contributed by atoms with E-state index in [4.69, 9.17) is 5.11 Å². The fourth-order valence-corrected chi connectivity index (χ4v) is 1.99. The van der Waals surface area contributed by atoms with Gasteiger partial charge in [-0.2, -0.15) is 13.2 Å². The van der Waals surface area contributed by atoms with Gasteiger partial charge in [-0.1, -0.05) is 0 Å². The molecule has 94 valence electrons. The van der Waals surface area contributed by atoms with Gasteiger partial charge >= 0.3 is 12.1 Å². The van der Waals surface area contributed by atoms with Crippen LogP contribution in [0.2, 0.25) is 0 Å². The first-order valence-electron chi connectivity index (χ1n) is 4.51. The van der Waals surface area contributed by atoms with E-state index in [0.29, 0.717) is 4.47 Å². The summed E-state index contributed by atoms with van der Waals surface area (Å²) in [5.41, 5.74) is 0.299. The Morgan fingerprint density at radius 3 is 2.47 bits per heavy atom. The van der Waals surface area contributed by atoms with E-state index in [1.807, 2.05) is 0 Å². The molecule has 0 aliphatic carbocycles. The Kier molecular flexibility index (Phi) is 4.03. The first-order valence-corrected chi connectivity index (χ1v) is 5.31. The van der Waals surface area contributed by atoms with Crippen molar-refractivity contribution in [3.8, 4) is 0 Å². The van der Waals surface area contributed by atoms with Gasteiger partial charge in [0.2, 0.25) is 0 Å². The van der Waals surface area contributed by atoms with E-state index in [-0.39, 0.29) is 11.3 Å². The lowest BCUT2D eigenvalue weighted by Gasteiger charge is -2.22. The molecule has 7 heteroatoms. The van der Waals surface area contributed by atoms with E-state index >= 15 is 0 Å². The second-order valence-corrected chi connectivity index (χ2v) is 4.30. The summed E-state index contributed by atoms with van der Waals surface area (Å²) in [4.78, 5) is 11.6. The minimum atomic E-state index is -4.31. The zero-order valence-electron chi connectivity index (χ0n) is 8.75. The van der Waals surface area contributed by atoms with E-state index in [2.05, 4.69) is 15.9 Å². The van der Waals surface area contributed by atoms with Gasteiger partial charge in [0.1, 0.15) is 6.54 Å². The minimum absolute atomic E-state index is 0.0148. The lowest BCUT2D eigenvalue weighted by molar-refractivity contribution is -0.119. The summed E-state index contributed by atoms with van der Waals surface area (Å²) < 4.78 is 36.8. The van der Waals surface area contributed by atoms with Gasteiger partial charge in [0.05, 0.1) is 11.3 Å². The fourth-order valence-electron chi connectivity index (χ4n) is 1.30. The number of carboxylic acids is 1. The zero-order valence-corrected chi connectivity index (χ0v) is 10.3. The van der Waals surface area contributed by atoms with E-state index in [1.165, 1.54) is 25.2 Å². The molecule has 0 aliphatic rings. The topological polar surface area (TPSA) is 40.5 Å². The molecule has 0 aromatic heterocycles. The number of carbonyl (C=O) groups is 1. The Morgan fingerprint density at radius 1 is 1.47 bits per heavy atom. The van der Waals surface area contributed by atoms with Crippen LogP contribution < -0.4 is 4.90 Å². The van der Waals surface area contributed by atoms with Gasteiger partial charge in [0, 0.05) is 11.5 Å². The average molecular weight is 312 g/mol. The Bertz CT molecular complexity index is 434. The summed E-state index contributed by atoms with van der Waals surface area (Å²) in [7, 11) is 1.29. The van der Waals surface area contributed by atoms with E-state index in [0.717, 1.165) is 4.90 Å². The Labute approximate surface area is 104 Å². The van der Waals surface area contributed by atoms with Gasteiger partial charge < -0.3 is 10.0 Å². The highest BCUT2D eigenvalue weighted by Gasteiger charge is 2.30. The highest BCUT2D eigenvalue weighted by Crippen LogP contribution is 2.29. The van der Waals surface area contributed by atoms with Crippen LogP contribution in [0, 0.1) is 0 Å². The molecule has 1 aromatic carbocycles. The predicted molar refractivity (Wildman–Crippen MR) is 60.4 cm³/mol. The van der Waals surface area contributed by atoms with Crippen molar-refractivity contribution < 1.29 is 23.1 Å². The molecule has 0 saturated heterocycles. The summed E-state index contributed by atoms with van der Waals surface area (Å²) >= 11 is 3.05. The highest BCUT2D eigenvalue weighted by atomic mass is 79.9. The van der Waals surface area contributed by atoms with Gasteiger partial charge in [-0.15, -0.1) is 0 Å². The van der Waals surface area contributed by atoms with Crippen molar-refractivity contribution in [2.45, 2.75) is 6.18 Å². The Balaban J connectivity index is 2.96. The van der Waals surface area contributed by atoms with Crippen molar-refractivity contribution in [2.75, 3.05) is 18.5 Å². The summed E-state index contributed by atoms with van der Waals surface area (Å²) in [6.07, 6.45) is -4.31. The molecular weight excluding hydrogens is 303 g/mol. The third-order valence-corrected chi connectivity index (χ3v) is 2.66. The van der Waals surface area contributed by atoms with Gasteiger partial charge in [-0.25, -0.2) is 4.79 Å². The van der Waals surface area contributed by atoms with Crippen LogP contribution >= 0.6 is 15.9 Å². The van der Waals surface area contributed by atoms with Gasteiger partial charge in [-0.05, 0) is 34.1 Å². The maximum absolute atomic E-state index is 12.2. The monoisotopic (exact) mass is 311 g/mol. The zero-order chi connectivity index (χ0) is 13.2. The van der Waals surface area contributed by atoms with Crippen molar-refractivity contribution in [3.05, 3.63) is 28.2 Å². The standard InChI is InChI=1S/C10H9BrF3NO2/c1-15(5-10(12,13)14)8-3-2-6(9(16)17)4-7(8)11/h2-4H,5H2,1H3,(H,16,17). The lowest BCUT2D eigenvalue weighted by atomic mass is 10.2. The molecule has 0 spiro atoms. The maximum Gasteiger partial charge on any atom is 0.405 e. The second-order valence-electron chi connectivity index (χ2n) is 3.44. The fraction of sp³-hybridized carbons (Fsp3) is 0.300. The first-order chi connectivity index (χ1) is 7.70. The van der Waals surface area contributed by atoms with Gasteiger partial charge in [0.15, 0.2) is 0 Å². The van der Waals surface area contributed by atoms with Gasteiger partial charge in [-0.3, -0.25) is 0 Å². The molecule has 3 nitrogen and oxygen atoms in total. The summed E-state index contributed by atoms with van der Waals surface area (Å²) in [6.45, 7) is -1.10. The average Bonchev–Trinajstić information content (AvgIpc) is 2.14. The largest absolute Gasteiger partial charge is 0.478 e. The SMILES string of the molecule is CN(CC(F)(F)F)c1ccc(C(=O)O)cc1Br. The number of benzene rings is 1. The molecule has 1 aromatic rings. The molecular formula is C10H9BrF3NO2. The lowest BCUT2D eigenvalue weighted by Crippen LogP contribution is -2.31. The van der Waals surface area contributed by atoms with Crippen LogP contribution in [0.3, 0.4) is 0 Å². The van der Waals surface area contributed by atoms with Crippen molar-refractivity contribution >= 4 is 27.6 Å². The van der Waals surface area contributed by atoms with E-state index < -0.39 is 18.7 Å². The quantitative estimate of drug-likeness (QED) is 0.932. The predicted octanol–water partition coefficient (Wildman–Crippen LogP) is 3.15. The van der Waals surface area contributed by atoms with Crippen molar-refractivity contribution in [1.82, 2.24) is 0 Å². The van der Waals surface area contributed by atoms with Crippen LogP contribution in [0.15, 0.2) is 22.7 Å². The number of hydrogen-bond acceptors (Lipinski definition) is 2. The molecule has 0 amide bonds. The summed E-state index contributed by atoms with van der Waals surface area (Å²) in [5, 5.41) is 8.71. The third-order valence-electron chi connectivity index (χ3n) is 2.02. The normalized spacial score (nSPS) is 11.4. The minimum Gasteiger partial charge on any atom is -0.478 e. The first kappa shape index (κ1) is 13.8. The van der Waals surface area contributed by atoms with Crippen LogP contribution in [0.5, 0.6) is 0 Å². The molecule has 0 heterocycles. The molecule has 0 radical (unpaired) electrons. The Morgan fingerprint density at radius 2 is 2.06 bits per heavy atom. The molecule has 0 saturated carbocycles. The maximum atomic E-state index is 12.2. The van der Waals surface area contributed by atoms with Crippen LogP contribution in [-0.4, -0.2) is 30.8 Å². The molecule has 0 fully saturated rings. The Hall–Kier alpha value is -1.24. The second kappa shape index (κ2) is 4.95. The van der Waals surface area contributed by atoms with Crippen LogP contribution in [-0.2, 0) is 0 Å². The molecule has 1 N–H and O–H groups in total. The molecule has 0 atom stereocenters. The van der Waals surface area contributed by atoms with Gasteiger partial charge in [0.25, 0.3) is 0 Å². The molecule has 0 bridgehead atoms. The van der Waals surface area contributed by atoms with Crippen LogP contribution in [0.4, 0.5) is 18.9 Å². The van der Waals surface area contributed by atoms with Crippen molar-refractivity contribution in [2.24, 2.45) is 0 Å². The van der Waals surface area contributed by atoms with E-state index in [9.17, 15) is 18.0 Å². The molecule has 0 aliphatic heterocycles. The van der Waals surface area contributed by atoms with Crippen LogP contribution in [0.25, 0.3) is 0 Å². The number of nitrogens with zero attached hydrogens (tertiary/aromatic N) is 1. The number of rotatable bonds is 3. The number of aromatic carboxylic acids is 1.